The Hall–Kier alpha value is -1.35. The van der Waals surface area contributed by atoms with Crippen molar-refractivity contribution in [3.8, 4) is 0 Å². The standard InChI is InChI=1S/C12H21N5O2S2/c1-6(2)7(8(18)14-9(13)19)20-11-17-16-10(21-11)15-12(3,4)5/h6-7H,1-5H3,(H,15,16)(H3,13,14,18,19). The van der Waals surface area contributed by atoms with E-state index in [1.807, 2.05) is 34.6 Å². The van der Waals surface area contributed by atoms with Gasteiger partial charge >= 0.3 is 6.03 Å². The van der Waals surface area contributed by atoms with Crippen LogP contribution in [0.5, 0.6) is 0 Å². The molecule has 1 unspecified atom stereocenters. The minimum Gasteiger partial charge on any atom is -0.355 e. The molecule has 9 heteroatoms. The Balaban J connectivity index is 2.76. The van der Waals surface area contributed by atoms with Crippen LogP contribution < -0.4 is 16.4 Å². The van der Waals surface area contributed by atoms with Crippen LogP contribution >= 0.6 is 23.1 Å². The smallest absolute Gasteiger partial charge is 0.318 e. The summed E-state index contributed by atoms with van der Waals surface area (Å²) >= 11 is 2.65. The third-order valence-corrected chi connectivity index (χ3v) is 4.69. The van der Waals surface area contributed by atoms with Crippen molar-refractivity contribution < 1.29 is 9.59 Å². The summed E-state index contributed by atoms with van der Waals surface area (Å²) < 4.78 is 0.667. The second-order valence-electron chi connectivity index (χ2n) is 5.88. The number of hydrogen-bond donors (Lipinski definition) is 3. The number of rotatable bonds is 5. The van der Waals surface area contributed by atoms with Crippen molar-refractivity contribution in [2.45, 2.75) is 49.7 Å². The lowest BCUT2D eigenvalue weighted by atomic mass is 10.1. The SMILES string of the molecule is CC(C)C(Sc1nnc(NC(C)(C)C)s1)C(=O)NC(N)=O. The van der Waals surface area contributed by atoms with E-state index >= 15 is 0 Å². The van der Waals surface area contributed by atoms with E-state index < -0.39 is 17.2 Å². The Morgan fingerprint density at radius 3 is 2.38 bits per heavy atom. The summed E-state index contributed by atoms with van der Waals surface area (Å²) in [6, 6.07) is -0.849. The molecule has 1 aromatic heterocycles. The molecule has 1 heterocycles. The molecule has 118 valence electrons. The zero-order valence-electron chi connectivity index (χ0n) is 12.8. The van der Waals surface area contributed by atoms with Crippen molar-refractivity contribution in [1.82, 2.24) is 15.5 Å². The van der Waals surface area contributed by atoms with Crippen molar-refractivity contribution in [1.29, 1.82) is 0 Å². The first-order chi connectivity index (χ1) is 9.58. The minimum atomic E-state index is -0.849. The Morgan fingerprint density at radius 1 is 1.29 bits per heavy atom. The van der Waals surface area contributed by atoms with E-state index in [0.717, 1.165) is 0 Å². The van der Waals surface area contributed by atoms with Gasteiger partial charge < -0.3 is 11.1 Å². The summed E-state index contributed by atoms with van der Waals surface area (Å²) in [7, 11) is 0. The monoisotopic (exact) mass is 331 g/mol. The highest BCUT2D eigenvalue weighted by atomic mass is 32.2. The van der Waals surface area contributed by atoms with Gasteiger partial charge in [0, 0.05) is 5.54 Å². The molecule has 0 aliphatic carbocycles. The Labute approximate surface area is 132 Å². The highest BCUT2D eigenvalue weighted by Gasteiger charge is 2.26. The summed E-state index contributed by atoms with van der Waals surface area (Å²) in [5.74, 6) is -0.389. The van der Waals surface area contributed by atoms with Gasteiger partial charge in [-0.25, -0.2) is 4.79 Å². The van der Waals surface area contributed by atoms with Crippen LogP contribution in [0.25, 0.3) is 0 Å². The van der Waals surface area contributed by atoms with Crippen LogP contribution in [0.4, 0.5) is 9.93 Å². The number of nitrogens with two attached hydrogens (primary N) is 1. The number of imide groups is 1. The molecule has 0 bridgehead atoms. The van der Waals surface area contributed by atoms with E-state index in [-0.39, 0.29) is 11.5 Å². The van der Waals surface area contributed by atoms with Crippen LogP contribution in [0.15, 0.2) is 4.34 Å². The normalized spacial score (nSPS) is 13.0. The number of carbonyl (C=O) groups is 2. The molecule has 7 nitrogen and oxygen atoms in total. The molecule has 0 spiro atoms. The number of nitrogens with one attached hydrogen (secondary N) is 2. The van der Waals surface area contributed by atoms with Gasteiger partial charge in [0.2, 0.25) is 11.0 Å². The largest absolute Gasteiger partial charge is 0.355 e. The van der Waals surface area contributed by atoms with E-state index in [1.54, 1.807) is 0 Å². The lowest BCUT2D eigenvalue weighted by Crippen LogP contribution is -2.42. The highest BCUT2D eigenvalue weighted by molar-refractivity contribution is 8.02. The van der Waals surface area contributed by atoms with Crippen LogP contribution in [-0.4, -0.2) is 32.9 Å². The van der Waals surface area contributed by atoms with Gasteiger partial charge in [-0.05, 0) is 26.7 Å². The lowest BCUT2D eigenvalue weighted by molar-refractivity contribution is -0.120. The fourth-order valence-corrected chi connectivity index (χ4v) is 3.59. The van der Waals surface area contributed by atoms with Crippen LogP contribution in [0, 0.1) is 5.92 Å². The van der Waals surface area contributed by atoms with Gasteiger partial charge in [-0.2, -0.15) is 0 Å². The van der Waals surface area contributed by atoms with E-state index in [0.29, 0.717) is 9.47 Å². The topological polar surface area (TPSA) is 110 Å². The molecule has 0 aliphatic heterocycles. The molecule has 1 atom stereocenters. The molecular weight excluding hydrogens is 310 g/mol. The molecule has 4 N–H and O–H groups in total. The van der Waals surface area contributed by atoms with E-state index in [2.05, 4.69) is 20.8 Å². The lowest BCUT2D eigenvalue weighted by Gasteiger charge is -2.19. The summed E-state index contributed by atoms with van der Waals surface area (Å²) in [6.07, 6.45) is 0. The van der Waals surface area contributed by atoms with Crippen molar-refractivity contribution in [3.05, 3.63) is 0 Å². The number of hydrogen-bond acceptors (Lipinski definition) is 7. The number of primary amides is 1. The molecule has 0 saturated carbocycles. The van der Waals surface area contributed by atoms with Crippen molar-refractivity contribution in [3.63, 3.8) is 0 Å². The van der Waals surface area contributed by atoms with Crippen LogP contribution in [0.2, 0.25) is 0 Å². The fraction of sp³-hybridized carbons (Fsp3) is 0.667. The second-order valence-corrected chi connectivity index (χ2v) is 8.25. The molecule has 3 amide bonds. The number of amides is 3. The molecular formula is C12H21N5O2S2. The third kappa shape index (κ3) is 6.30. The van der Waals surface area contributed by atoms with Gasteiger partial charge in [0.25, 0.3) is 0 Å². The molecule has 0 saturated heterocycles. The van der Waals surface area contributed by atoms with Gasteiger partial charge in [0.05, 0.1) is 5.25 Å². The average Bonchev–Trinajstić information content (AvgIpc) is 2.69. The van der Waals surface area contributed by atoms with Gasteiger partial charge in [-0.3, -0.25) is 10.1 Å². The number of thioether (sulfide) groups is 1. The molecule has 21 heavy (non-hydrogen) atoms. The van der Waals surface area contributed by atoms with Crippen molar-refractivity contribution in [2.24, 2.45) is 11.7 Å². The van der Waals surface area contributed by atoms with Gasteiger partial charge in [-0.15, -0.1) is 10.2 Å². The zero-order valence-corrected chi connectivity index (χ0v) is 14.4. The molecule has 0 aromatic carbocycles. The number of carbonyl (C=O) groups excluding carboxylic acids is 2. The zero-order chi connectivity index (χ0) is 16.2. The number of anilines is 1. The quantitative estimate of drug-likeness (QED) is 0.712. The first kappa shape index (κ1) is 17.7. The maximum atomic E-state index is 11.9. The van der Waals surface area contributed by atoms with Gasteiger partial charge in [0.15, 0.2) is 4.34 Å². The first-order valence-corrected chi connectivity index (χ1v) is 8.17. The molecule has 1 rings (SSSR count). The minimum absolute atomic E-state index is 0.0253. The third-order valence-electron chi connectivity index (χ3n) is 2.23. The Morgan fingerprint density at radius 2 is 1.90 bits per heavy atom. The van der Waals surface area contributed by atoms with E-state index in [1.165, 1.54) is 23.1 Å². The summed E-state index contributed by atoms with van der Waals surface area (Å²) in [5.41, 5.74) is 4.87. The van der Waals surface area contributed by atoms with Crippen LogP contribution in [0.3, 0.4) is 0 Å². The van der Waals surface area contributed by atoms with Gasteiger partial charge in [0.1, 0.15) is 0 Å². The predicted molar refractivity (Wildman–Crippen MR) is 85.5 cm³/mol. The van der Waals surface area contributed by atoms with Crippen molar-refractivity contribution in [2.75, 3.05) is 5.32 Å². The molecule has 1 aromatic rings. The Kier molecular flexibility index (Phi) is 5.97. The number of urea groups is 1. The maximum Gasteiger partial charge on any atom is 0.318 e. The Bertz CT molecular complexity index is 510. The summed E-state index contributed by atoms with van der Waals surface area (Å²) in [6.45, 7) is 9.87. The summed E-state index contributed by atoms with van der Waals surface area (Å²) in [4.78, 5) is 22.7. The van der Waals surface area contributed by atoms with Crippen molar-refractivity contribution >= 4 is 40.2 Å². The fourth-order valence-electron chi connectivity index (χ4n) is 1.42. The van der Waals surface area contributed by atoms with Crippen LogP contribution in [-0.2, 0) is 4.79 Å². The summed E-state index contributed by atoms with van der Waals surface area (Å²) in [5, 5.41) is 13.7. The second kappa shape index (κ2) is 7.08. The predicted octanol–water partition coefficient (Wildman–Crippen LogP) is 2.06. The molecule has 0 radical (unpaired) electrons. The number of aromatic nitrogens is 2. The first-order valence-electron chi connectivity index (χ1n) is 6.47. The maximum absolute atomic E-state index is 11.9. The molecule has 0 fully saturated rings. The van der Waals surface area contributed by atoms with Crippen LogP contribution in [0.1, 0.15) is 34.6 Å². The average molecular weight is 331 g/mol. The van der Waals surface area contributed by atoms with E-state index in [4.69, 9.17) is 5.73 Å². The number of nitrogens with zero attached hydrogens (tertiary/aromatic N) is 2. The highest BCUT2D eigenvalue weighted by Crippen LogP contribution is 2.33. The van der Waals surface area contributed by atoms with Gasteiger partial charge in [-0.1, -0.05) is 36.9 Å². The molecule has 0 aliphatic rings. The van der Waals surface area contributed by atoms with E-state index in [9.17, 15) is 9.59 Å².